The number of halogens is 1. The summed E-state index contributed by atoms with van der Waals surface area (Å²) in [4.78, 5) is 18.1. The number of amides is 1. The number of carbonyl (C=O) groups excluding carboxylic acids is 1. The summed E-state index contributed by atoms with van der Waals surface area (Å²) in [6, 6.07) is 11.2. The van der Waals surface area contributed by atoms with Crippen molar-refractivity contribution in [2.24, 2.45) is 0 Å². The molecular formula is C15H15BrN2O2. The van der Waals surface area contributed by atoms with Crippen LogP contribution in [0, 0.1) is 0 Å². The van der Waals surface area contributed by atoms with Crippen molar-refractivity contribution in [3.63, 3.8) is 0 Å². The second-order valence-corrected chi connectivity index (χ2v) is 5.11. The summed E-state index contributed by atoms with van der Waals surface area (Å²) in [6.45, 7) is 0.511. The highest BCUT2D eigenvalue weighted by Gasteiger charge is 2.15. The SMILES string of the molecule is COc1cccc(CN(C)C(=O)c2cccnc2Br)c1. The maximum absolute atomic E-state index is 12.3. The Hall–Kier alpha value is -1.88. The van der Waals surface area contributed by atoms with Gasteiger partial charge in [0.15, 0.2) is 0 Å². The molecule has 0 bridgehead atoms. The highest BCUT2D eigenvalue weighted by Crippen LogP contribution is 2.17. The van der Waals surface area contributed by atoms with Crippen LogP contribution in [0.15, 0.2) is 47.2 Å². The monoisotopic (exact) mass is 334 g/mol. The van der Waals surface area contributed by atoms with Crippen LogP contribution in [0.5, 0.6) is 5.75 Å². The summed E-state index contributed by atoms with van der Waals surface area (Å²) >= 11 is 3.29. The average molecular weight is 335 g/mol. The number of nitrogens with zero attached hydrogens (tertiary/aromatic N) is 2. The molecule has 1 amide bonds. The van der Waals surface area contributed by atoms with Gasteiger partial charge < -0.3 is 9.64 Å². The molecule has 0 unspecified atom stereocenters. The van der Waals surface area contributed by atoms with Gasteiger partial charge in [0, 0.05) is 19.8 Å². The Morgan fingerprint density at radius 2 is 2.15 bits per heavy atom. The van der Waals surface area contributed by atoms with Crippen LogP contribution in [-0.2, 0) is 6.54 Å². The summed E-state index contributed by atoms with van der Waals surface area (Å²) in [5.74, 6) is 0.707. The third kappa shape index (κ3) is 3.36. The van der Waals surface area contributed by atoms with E-state index < -0.39 is 0 Å². The molecule has 20 heavy (non-hydrogen) atoms. The van der Waals surface area contributed by atoms with Gasteiger partial charge in [-0.25, -0.2) is 4.98 Å². The van der Waals surface area contributed by atoms with Gasteiger partial charge in [0.05, 0.1) is 12.7 Å². The van der Waals surface area contributed by atoms with Crippen LogP contribution in [0.2, 0.25) is 0 Å². The van der Waals surface area contributed by atoms with Crippen LogP contribution in [0.4, 0.5) is 0 Å². The zero-order valence-corrected chi connectivity index (χ0v) is 12.9. The quantitative estimate of drug-likeness (QED) is 0.807. The minimum absolute atomic E-state index is 0.0761. The maximum Gasteiger partial charge on any atom is 0.256 e. The van der Waals surface area contributed by atoms with Gasteiger partial charge in [-0.2, -0.15) is 0 Å². The van der Waals surface area contributed by atoms with Crippen LogP contribution >= 0.6 is 15.9 Å². The fourth-order valence-electron chi connectivity index (χ4n) is 1.87. The Bertz CT molecular complexity index is 616. The van der Waals surface area contributed by atoms with Gasteiger partial charge in [-0.05, 0) is 45.8 Å². The molecule has 0 N–H and O–H groups in total. The number of carbonyl (C=O) groups is 1. The first-order valence-electron chi connectivity index (χ1n) is 6.10. The van der Waals surface area contributed by atoms with E-state index >= 15 is 0 Å². The molecule has 1 aromatic carbocycles. The van der Waals surface area contributed by atoms with Crippen molar-refractivity contribution in [1.82, 2.24) is 9.88 Å². The highest BCUT2D eigenvalue weighted by atomic mass is 79.9. The van der Waals surface area contributed by atoms with E-state index in [1.54, 1.807) is 37.4 Å². The molecule has 0 atom stereocenters. The molecule has 2 rings (SSSR count). The predicted molar refractivity (Wildman–Crippen MR) is 80.7 cm³/mol. The molecule has 0 fully saturated rings. The number of ether oxygens (including phenoxy) is 1. The molecule has 0 radical (unpaired) electrons. The largest absolute Gasteiger partial charge is 0.497 e. The fourth-order valence-corrected chi connectivity index (χ4v) is 2.29. The number of hydrogen-bond acceptors (Lipinski definition) is 3. The van der Waals surface area contributed by atoms with Crippen LogP contribution in [0.3, 0.4) is 0 Å². The standard InChI is InChI=1S/C15H15BrN2O2/c1-18(10-11-5-3-6-12(9-11)20-2)15(19)13-7-4-8-17-14(13)16/h3-9H,10H2,1-2H3. The molecule has 0 aliphatic heterocycles. The number of pyridine rings is 1. The minimum Gasteiger partial charge on any atom is -0.497 e. The third-order valence-electron chi connectivity index (χ3n) is 2.89. The van der Waals surface area contributed by atoms with Crippen molar-refractivity contribution < 1.29 is 9.53 Å². The summed E-state index contributed by atoms with van der Waals surface area (Å²) in [6.07, 6.45) is 1.64. The van der Waals surface area contributed by atoms with E-state index in [2.05, 4.69) is 20.9 Å². The lowest BCUT2D eigenvalue weighted by Gasteiger charge is -2.18. The molecule has 0 saturated carbocycles. The molecule has 104 valence electrons. The Balaban J connectivity index is 2.13. The highest BCUT2D eigenvalue weighted by molar-refractivity contribution is 9.10. The third-order valence-corrected chi connectivity index (χ3v) is 3.52. The Morgan fingerprint density at radius 1 is 1.35 bits per heavy atom. The lowest BCUT2D eigenvalue weighted by Crippen LogP contribution is -2.26. The summed E-state index contributed by atoms with van der Waals surface area (Å²) in [7, 11) is 3.39. The van der Waals surface area contributed by atoms with Crippen LogP contribution in [0.25, 0.3) is 0 Å². The molecule has 4 nitrogen and oxygen atoms in total. The van der Waals surface area contributed by atoms with E-state index in [0.29, 0.717) is 16.7 Å². The molecular weight excluding hydrogens is 320 g/mol. The van der Waals surface area contributed by atoms with Crippen molar-refractivity contribution >= 4 is 21.8 Å². The normalized spacial score (nSPS) is 10.2. The molecule has 1 aromatic heterocycles. The summed E-state index contributed by atoms with van der Waals surface area (Å²) in [5, 5.41) is 0. The lowest BCUT2D eigenvalue weighted by atomic mass is 10.2. The van der Waals surface area contributed by atoms with Crippen molar-refractivity contribution in [1.29, 1.82) is 0 Å². The van der Waals surface area contributed by atoms with Gasteiger partial charge in [-0.15, -0.1) is 0 Å². The topological polar surface area (TPSA) is 42.4 Å². The van der Waals surface area contributed by atoms with Gasteiger partial charge in [-0.3, -0.25) is 4.79 Å². The minimum atomic E-state index is -0.0761. The van der Waals surface area contributed by atoms with Crippen molar-refractivity contribution in [3.8, 4) is 5.75 Å². The number of rotatable bonds is 4. The molecule has 0 aliphatic carbocycles. The van der Waals surface area contributed by atoms with Crippen LogP contribution in [-0.4, -0.2) is 29.9 Å². The zero-order chi connectivity index (χ0) is 14.5. The van der Waals surface area contributed by atoms with E-state index in [1.165, 1.54) is 0 Å². The van der Waals surface area contributed by atoms with E-state index in [9.17, 15) is 4.79 Å². The maximum atomic E-state index is 12.3. The van der Waals surface area contributed by atoms with E-state index in [1.807, 2.05) is 24.3 Å². The lowest BCUT2D eigenvalue weighted by molar-refractivity contribution is 0.0783. The van der Waals surface area contributed by atoms with Gasteiger partial charge in [0.2, 0.25) is 0 Å². The zero-order valence-electron chi connectivity index (χ0n) is 11.3. The van der Waals surface area contributed by atoms with Crippen LogP contribution < -0.4 is 4.74 Å². The number of aromatic nitrogens is 1. The van der Waals surface area contributed by atoms with Gasteiger partial charge >= 0.3 is 0 Å². The first-order chi connectivity index (χ1) is 9.61. The Morgan fingerprint density at radius 3 is 2.85 bits per heavy atom. The number of hydrogen-bond donors (Lipinski definition) is 0. The molecule has 0 spiro atoms. The van der Waals surface area contributed by atoms with Crippen LogP contribution in [0.1, 0.15) is 15.9 Å². The first kappa shape index (κ1) is 14.5. The summed E-state index contributed by atoms with van der Waals surface area (Å²) < 4.78 is 5.74. The predicted octanol–water partition coefficient (Wildman–Crippen LogP) is 3.12. The van der Waals surface area contributed by atoms with Crippen molar-refractivity contribution in [2.45, 2.75) is 6.54 Å². The average Bonchev–Trinajstić information content (AvgIpc) is 2.47. The molecule has 5 heteroatoms. The number of methoxy groups -OCH3 is 1. The fraction of sp³-hybridized carbons (Fsp3) is 0.200. The number of benzene rings is 1. The van der Waals surface area contributed by atoms with Crippen molar-refractivity contribution in [3.05, 3.63) is 58.3 Å². The van der Waals surface area contributed by atoms with E-state index in [4.69, 9.17) is 4.74 Å². The Kier molecular flexibility index (Phi) is 4.74. The second kappa shape index (κ2) is 6.52. The van der Waals surface area contributed by atoms with Crippen molar-refractivity contribution in [2.75, 3.05) is 14.2 Å². The summed E-state index contributed by atoms with van der Waals surface area (Å²) in [5.41, 5.74) is 1.57. The molecule has 2 aromatic rings. The molecule has 1 heterocycles. The molecule has 0 saturated heterocycles. The van der Waals surface area contributed by atoms with Gasteiger partial charge in [-0.1, -0.05) is 12.1 Å². The van der Waals surface area contributed by atoms with Gasteiger partial charge in [0.1, 0.15) is 10.4 Å². The second-order valence-electron chi connectivity index (χ2n) is 4.35. The van der Waals surface area contributed by atoms with E-state index in [0.717, 1.165) is 11.3 Å². The Labute approximate surface area is 126 Å². The smallest absolute Gasteiger partial charge is 0.256 e. The first-order valence-corrected chi connectivity index (χ1v) is 6.90. The molecule has 0 aliphatic rings. The van der Waals surface area contributed by atoms with Gasteiger partial charge in [0.25, 0.3) is 5.91 Å². The van der Waals surface area contributed by atoms with E-state index in [-0.39, 0.29) is 5.91 Å².